The van der Waals surface area contributed by atoms with Crippen LogP contribution >= 0.6 is 11.6 Å². The molecule has 132 valence electrons. The number of hydrogen-bond acceptors (Lipinski definition) is 4. The third kappa shape index (κ3) is 5.46. The first-order valence-corrected chi connectivity index (χ1v) is 7.85. The van der Waals surface area contributed by atoms with Crippen molar-refractivity contribution in [2.75, 3.05) is 12.4 Å². The zero-order valence-corrected chi connectivity index (χ0v) is 14.5. The lowest BCUT2D eigenvalue weighted by Crippen LogP contribution is -2.30. The van der Waals surface area contributed by atoms with Crippen LogP contribution in [0.4, 0.5) is 10.1 Å². The van der Waals surface area contributed by atoms with E-state index in [0.29, 0.717) is 11.3 Å². The molecule has 0 aliphatic heterocycles. The van der Waals surface area contributed by atoms with Gasteiger partial charge in [0.05, 0.1) is 24.2 Å². The van der Waals surface area contributed by atoms with Gasteiger partial charge in [-0.15, -0.1) is 0 Å². The maximum atomic E-state index is 13.0. The summed E-state index contributed by atoms with van der Waals surface area (Å²) in [5.74, 6) is -1.00. The molecule has 5 nitrogen and oxygen atoms in total. The van der Waals surface area contributed by atoms with Crippen molar-refractivity contribution in [3.05, 3.63) is 58.9 Å². The Hall–Kier alpha value is -2.60. The molecule has 0 fully saturated rings. The average Bonchev–Trinajstić information content (AvgIpc) is 2.57. The zero-order chi connectivity index (χ0) is 18.4. The Labute approximate surface area is 149 Å². The van der Waals surface area contributed by atoms with Crippen molar-refractivity contribution in [3.8, 4) is 5.75 Å². The van der Waals surface area contributed by atoms with E-state index >= 15 is 0 Å². The Morgan fingerprint density at radius 3 is 2.68 bits per heavy atom. The molecule has 2 rings (SSSR count). The molecule has 0 radical (unpaired) electrons. The molecular weight excluding hydrogens is 349 g/mol. The summed E-state index contributed by atoms with van der Waals surface area (Å²) < 4.78 is 23.2. The van der Waals surface area contributed by atoms with Crippen LogP contribution in [0.25, 0.3) is 0 Å². The average molecular weight is 366 g/mol. The highest BCUT2D eigenvalue weighted by atomic mass is 35.5. The second-order valence-electron chi connectivity index (χ2n) is 5.27. The number of carbonyl (C=O) groups is 2. The first kappa shape index (κ1) is 18.7. The van der Waals surface area contributed by atoms with E-state index in [0.717, 1.165) is 6.07 Å². The molecular formula is C18H17ClFNO4. The van der Waals surface area contributed by atoms with Crippen LogP contribution in [0.1, 0.15) is 12.5 Å². The normalized spacial score (nSPS) is 11.5. The molecule has 0 saturated carbocycles. The van der Waals surface area contributed by atoms with E-state index in [1.165, 1.54) is 26.2 Å². The molecule has 0 bridgehead atoms. The summed E-state index contributed by atoms with van der Waals surface area (Å²) in [6.07, 6.45) is -1.02. The van der Waals surface area contributed by atoms with Crippen molar-refractivity contribution in [3.63, 3.8) is 0 Å². The minimum atomic E-state index is -1.03. The Bertz CT molecular complexity index is 781. The quantitative estimate of drug-likeness (QED) is 0.794. The number of amides is 1. The summed E-state index contributed by atoms with van der Waals surface area (Å²) >= 11 is 5.85. The number of halogens is 2. The fourth-order valence-electron chi connectivity index (χ4n) is 2.07. The number of nitrogens with one attached hydrogen (secondary N) is 1. The number of esters is 1. The summed E-state index contributed by atoms with van der Waals surface area (Å²) in [7, 11) is 1.53. The Balaban J connectivity index is 1.92. The van der Waals surface area contributed by atoms with Gasteiger partial charge in [0.1, 0.15) is 11.6 Å². The van der Waals surface area contributed by atoms with Crippen LogP contribution in [0, 0.1) is 5.82 Å². The predicted octanol–water partition coefficient (Wildman–Crippen LogP) is 3.60. The summed E-state index contributed by atoms with van der Waals surface area (Å²) in [5.41, 5.74) is 0.947. The molecule has 7 heteroatoms. The summed E-state index contributed by atoms with van der Waals surface area (Å²) in [6.45, 7) is 1.44. The van der Waals surface area contributed by atoms with Crippen LogP contribution in [0.15, 0.2) is 42.5 Å². The number of rotatable bonds is 6. The van der Waals surface area contributed by atoms with E-state index in [1.54, 1.807) is 24.3 Å². The maximum absolute atomic E-state index is 13.0. The summed E-state index contributed by atoms with van der Waals surface area (Å²) in [6, 6.07) is 10.6. The van der Waals surface area contributed by atoms with Crippen molar-refractivity contribution in [1.29, 1.82) is 0 Å². The number of benzene rings is 2. The summed E-state index contributed by atoms with van der Waals surface area (Å²) in [5, 5.41) is 2.55. The van der Waals surface area contributed by atoms with Crippen LogP contribution in [0.3, 0.4) is 0 Å². The largest absolute Gasteiger partial charge is 0.497 e. The molecule has 1 amide bonds. The molecule has 0 heterocycles. The first-order valence-electron chi connectivity index (χ1n) is 7.47. The second kappa shape index (κ2) is 8.48. The highest BCUT2D eigenvalue weighted by Crippen LogP contribution is 2.22. The van der Waals surface area contributed by atoms with Gasteiger partial charge in [-0.3, -0.25) is 9.59 Å². The van der Waals surface area contributed by atoms with Crippen LogP contribution in [-0.2, 0) is 20.7 Å². The SMILES string of the molecule is COc1cccc(CC(=O)O[C@H](C)C(=O)Nc2ccc(F)cc2Cl)c1. The van der Waals surface area contributed by atoms with E-state index in [1.807, 2.05) is 0 Å². The fourth-order valence-corrected chi connectivity index (χ4v) is 2.28. The van der Waals surface area contributed by atoms with Crippen LogP contribution in [0.5, 0.6) is 5.75 Å². The van der Waals surface area contributed by atoms with Gasteiger partial charge in [-0.1, -0.05) is 23.7 Å². The Morgan fingerprint density at radius 1 is 1.24 bits per heavy atom. The van der Waals surface area contributed by atoms with E-state index in [2.05, 4.69) is 5.32 Å². The minimum Gasteiger partial charge on any atom is -0.497 e. The van der Waals surface area contributed by atoms with Crippen LogP contribution < -0.4 is 10.1 Å². The van der Waals surface area contributed by atoms with Gasteiger partial charge in [0.25, 0.3) is 5.91 Å². The lowest BCUT2D eigenvalue weighted by molar-refractivity contribution is -0.152. The van der Waals surface area contributed by atoms with E-state index in [9.17, 15) is 14.0 Å². The zero-order valence-electron chi connectivity index (χ0n) is 13.7. The number of anilines is 1. The fraction of sp³-hybridized carbons (Fsp3) is 0.222. The van der Waals surface area contributed by atoms with Crippen molar-refractivity contribution in [2.45, 2.75) is 19.4 Å². The van der Waals surface area contributed by atoms with Gasteiger partial charge >= 0.3 is 5.97 Å². The van der Waals surface area contributed by atoms with Crippen LogP contribution in [-0.4, -0.2) is 25.1 Å². The predicted molar refractivity (Wildman–Crippen MR) is 92.3 cm³/mol. The van der Waals surface area contributed by atoms with E-state index in [4.69, 9.17) is 21.1 Å². The molecule has 0 saturated heterocycles. The van der Waals surface area contributed by atoms with Gasteiger partial charge in [0.2, 0.25) is 0 Å². The molecule has 0 unspecified atom stereocenters. The molecule has 0 aliphatic rings. The molecule has 1 atom stereocenters. The van der Waals surface area contributed by atoms with Crippen molar-refractivity contribution < 1.29 is 23.5 Å². The van der Waals surface area contributed by atoms with Crippen LogP contribution in [0.2, 0.25) is 5.02 Å². The van der Waals surface area contributed by atoms with Crippen molar-refractivity contribution >= 4 is 29.2 Å². The van der Waals surface area contributed by atoms with Gasteiger partial charge < -0.3 is 14.8 Å². The molecule has 1 N–H and O–H groups in total. The van der Waals surface area contributed by atoms with Crippen molar-refractivity contribution in [2.24, 2.45) is 0 Å². The smallest absolute Gasteiger partial charge is 0.311 e. The van der Waals surface area contributed by atoms with E-state index in [-0.39, 0.29) is 17.1 Å². The molecule has 0 aliphatic carbocycles. The Morgan fingerprint density at radius 2 is 2.00 bits per heavy atom. The molecule has 0 spiro atoms. The monoisotopic (exact) mass is 365 g/mol. The van der Waals surface area contributed by atoms with Gasteiger partial charge in [0, 0.05) is 0 Å². The second-order valence-corrected chi connectivity index (χ2v) is 5.68. The Kier molecular flexibility index (Phi) is 6.36. The highest BCUT2D eigenvalue weighted by Gasteiger charge is 2.19. The van der Waals surface area contributed by atoms with Gasteiger partial charge in [-0.05, 0) is 42.8 Å². The third-order valence-electron chi connectivity index (χ3n) is 3.35. The first-order chi connectivity index (χ1) is 11.9. The third-order valence-corrected chi connectivity index (χ3v) is 3.66. The molecule has 25 heavy (non-hydrogen) atoms. The topological polar surface area (TPSA) is 64.6 Å². The standard InChI is InChI=1S/C18H17ClFNO4/c1-11(18(23)21-16-7-6-13(20)10-15(16)19)25-17(22)9-12-4-3-5-14(8-12)24-2/h3-8,10-11H,9H2,1-2H3,(H,21,23)/t11-/m1/s1. The van der Waals surface area contributed by atoms with Crippen molar-refractivity contribution in [1.82, 2.24) is 0 Å². The van der Waals surface area contributed by atoms with Gasteiger partial charge in [0.15, 0.2) is 6.10 Å². The van der Waals surface area contributed by atoms with E-state index < -0.39 is 23.8 Å². The van der Waals surface area contributed by atoms with Gasteiger partial charge in [-0.2, -0.15) is 0 Å². The number of methoxy groups -OCH3 is 1. The lowest BCUT2D eigenvalue weighted by atomic mass is 10.1. The van der Waals surface area contributed by atoms with Gasteiger partial charge in [-0.25, -0.2) is 4.39 Å². The molecule has 2 aromatic rings. The molecule has 2 aromatic carbocycles. The number of ether oxygens (including phenoxy) is 2. The number of hydrogen-bond donors (Lipinski definition) is 1. The maximum Gasteiger partial charge on any atom is 0.311 e. The minimum absolute atomic E-state index is 0.00608. The highest BCUT2D eigenvalue weighted by molar-refractivity contribution is 6.33. The number of carbonyl (C=O) groups excluding carboxylic acids is 2. The lowest BCUT2D eigenvalue weighted by Gasteiger charge is -2.14. The molecule has 0 aromatic heterocycles. The summed E-state index contributed by atoms with van der Waals surface area (Å²) in [4.78, 5) is 24.0.